The lowest BCUT2D eigenvalue weighted by atomic mass is 9.88. The Bertz CT molecular complexity index is 464. The Labute approximate surface area is 105 Å². The zero-order valence-corrected chi connectivity index (χ0v) is 10.2. The van der Waals surface area contributed by atoms with Gasteiger partial charge in [0.2, 0.25) is 0 Å². The van der Waals surface area contributed by atoms with Gasteiger partial charge in [-0.25, -0.2) is 0 Å². The predicted octanol–water partition coefficient (Wildman–Crippen LogP) is 1.94. The summed E-state index contributed by atoms with van der Waals surface area (Å²) in [6.45, 7) is 0.892. The molecule has 90 valence electrons. The average Bonchev–Trinajstić information content (AvgIpc) is 3.08. The van der Waals surface area contributed by atoms with E-state index in [0.29, 0.717) is 29.6 Å². The molecule has 17 heavy (non-hydrogen) atoms. The van der Waals surface area contributed by atoms with Crippen LogP contribution in [-0.4, -0.2) is 34.6 Å². The van der Waals surface area contributed by atoms with Gasteiger partial charge < -0.3 is 10.0 Å². The molecule has 1 aromatic carbocycles. The summed E-state index contributed by atoms with van der Waals surface area (Å²) >= 11 is 5.98. The summed E-state index contributed by atoms with van der Waals surface area (Å²) in [5.74, 6) is 0.318. The van der Waals surface area contributed by atoms with Gasteiger partial charge in [-0.2, -0.15) is 0 Å². The van der Waals surface area contributed by atoms with Gasteiger partial charge in [-0.15, -0.1) is 0 Å². The van der Waals surface area contributed by atoms with Gasteiger partial charge in [0.25, 0.3) is 5.91 Å². The van der Waals surface area contributed by atoms with Crippen molar-refractivity contribution in [3.05, 3.63) is 34.9 Å². The third-order valence-electron chi connectivity index (χ3n) is 3.66. The maximum atomic E-state index is 12.1. The summed E-state index contributed by atoms with van der Waals surface area (Å²) in [5.41, 5.74) is -0.108. The van der Waals surface area contributed by atoms with Crippen molar-refractivity contribution in [1.29, 1.82) is 0 Å². The molecule has 1 heterocycles. The molecule has 1 aromatic rings. The van der Waals surface area contributed by atoms with E-state index >= 15 is 0 Å². The molecule has 0 bridgehead atoms. The zero-order chi connectivity index (χ0) is 12.0. The van der Waals surface area contributed by atoms with E-state index in [4.69, 9.17) is 11.6 Å². The van der Waals surface area contributed by atoms with E-state index in [-0.39, 0.29) is 5.91 Å². The van der Waals surface area contributed by atoms with Crippen LogP contribution in [0.1, 0.15) is 23.2 Å². The van der Waals surface area contributed by atoms with Crippen LogP contribution in [0.2, 0.25) is 5.02 Å². The van der Waals surface area contributed by atoms with Crippen LogP contribution < -0.4 is 0 Å². The molecule has 0 unspecified atom stereocenters. The highest BCUT2D eigenvalue weighted by Gasteiger charge is 2.53. The summed E-state index contributed by atoms with van der Waals surface area (Å²) in [5, 5.41) is 10.6. The number of rotatable bonds is 2. The number of hydrogen-bond donors (Lipinski definition) is 1. The number of nitrogens with zero attached hydrogens (tertiary/aromatic N) is 1. The SMILES string of the molecule is O=C(c1ccccc1Cl)N1CC(O)(C2CC2)C1. The molecule has 1 amide bonds. The molecule has 2 fully saturated rings. The summed E-state index contributed by atoms with van der Waals surface area (Å²) in [6, 6.07) is 7.03. The highest BCUT2D eigenvalue weighted by molar-refractivity contribution is 6.33. The lowest BCUT2D eigenvalue weighted by molar-refractivity contribution is -0.0958. The highest BCUT2D eigenvalue weighted by atomic mass is 35.5. The third kappa shape index (κ3) is 1.83. The Hall–Kier alpha value is -1.06. The standard InChI is InChI=1S/C13H14ClNO2/c14-11-4-2-1-3-10(11)12(16)15-7-13(17,8-15)9-5-6-9/h1-4,9,17H,5-8H2. The van der Waals surface area contributed by atoms with Crippen LogP contribution in [0, 0.1) is 5.92 Å². The zero-order valence-electron chi connectivity index (χ0n) is 9.40. The Morgan fingerprint density at radius 1 is 1.35 bits per heavy atom. The van der Waals surface area contributed by atoms with Crippen molar-refractivity contribution in [3.63, 3.8) is 0 Å². The number of benzene rings is 1. The van der Waals surface area contributed by atoms with Gasteiger partial charge in [0.05, 0.1) is 23.7 Å². The number of amides is 1. The van der Waals surface area contributed by atoms with Gasteiger partial charge in [-0.1, -0.05) is 23.7 Å². The fourth-order valence-electron chi connectivity index (χ4n) is 2.44. The molecule has 1 aliphatic carbocycles. The number of β-amino-alcohol motifs (C(OH)–C–C–N with tert-alkyl or cyclic N) is 1. The van der Waals surface area contributed by atoms with E-state index in [0.717, 1.165) is 12.8 Å². The molecule has 4 heteroatoms. The van der Waals surface area contributed by atoms with Crippen LogP contribution >= 0.6 is 11.6 Å². The molecule has 1 aliphatic heterocycles. The Balaban J connectivity index is 1.71. The Kier molecular flexibility index (Phi) is 2.42. The number of aliphatic hydroxyl groups is 1. The molecule has 3 rings (SSSR count). The first-order valence-electron chi connectivity index (χ1n) is 5.86. The minimum Gasteiger partial charge on any atom is -0.386 e. The lowest BCUT2D eigenvalue weighted by Gasteiger charge is -2.47. The number of halogens is 1. The van der Waals surface area contributed by atoms with Crippen LogP contribution in [0.3, 0.4) is 0 Å². The number of carbonyl (C=O) groups is 1. The topological polar surface area (TPSA) is 40.5 Å². The van der Waals surface area contributed by atoms with Gasteiger partial charge >= 0.3 is 0 Å². The van der Waals surface area contributed by atoms with Crippen LogP contribution in [-0.2, 0) is 0 Å². The second-order valence-corrected chi connectivity index (χ2v) is 5.43. The van der Waals surface area contributed by atoms with Gasteiger partial charge in [0, 0.05) is 0 Å². The van der Waals surface area contributed by atoms with Crippen LogP contribution in [0.15, 0.2) is 24.3 Å². The minimum atomic E-state index is -0.628. The fraction of sp³-hybridized carbons (Fsp3) is 0.462. The van der Waals surface area contributed by atoms with Crippen LogP contribution in [0.5, 0.6) is 0 Å². The molecule has 1 N–H and O–H groups in total. The molecule has 2 aliphatic rings. The summed E-state index contributed by atoms with van der Waals surface area (Å²) in [6.07, 6.45) is 2.18. The second-order valence-electron chi connectivity index (χ2n) is 5.02. The highest BCUT2D eigenvalue weighted by Crippen LogP contribution is 2.44. The number of likely N-dealkylation sites (tertiary alicyclic amines) is 1. The lowest BCUT2D eigenvalue weighted by Crippen LogP contribution is -2.64. The third-order valence-corrected chi connectivity index (χ3v) is 3.99. The normalized spacial score (nSPS) is 22.1. The molecule has 3 nitrogen and oxygen atoms in total. The van der Waals surface area contributed by atoms with Gasteiger partial charge in [-0.3, -0.25) is 4.79 Å². The van der Waals surface area contributed by atoms with Crippen LogP contribution in [0.25, 0.3) is 0 Å². The molecule has 0 aromatic heterocycles. The largest absolute Gasteiger partial charge is 0.386 e. The Morgan fingerprint density at radius 3 is 2.59 bits per heavy atom. The molecular weight excluding hydrogens is 238 g/mol. The molecule has 1 saturated carbocycles. The molecule has 0 spiro atoms. The van der Waals surface area contributed by atoms with E-state index in [9.17, 15) is 9.90 Å². The predicted molar refractivity (Wildman–Crippen MR) is 65.0 cm³/mol. The van der Waals surface area contributed by atoms with Gasteiger partial charge in [0.15, 0.2) is 0 Å². The smallest absolute Gasteiger partial charge is 0.255 e. The first-order chi connectivity index (χ1) is 8.10. The Morgan fingerprint density at radius 2 is 2.00 bits per heavy atom. The summed E-state index contributed by atoms with van der Waals surface area (Å²) < 4.78 is 0. The van der Waals surface area contributed by atoms with Crippen molar-refractivity contribution in [2.45, 2.75) is 18.4 Å². The molecular formula is C13H14ClNO2. The number of carbonyl (C=O) groups excluding carboxylic acids is 1. The van der Waals surface area contributed by atoms with Gasteiger partial charge in [-0.05, 0) is 30.9 Å². The summed E-state index contributed by atoms with van der Waals surface area (Å²) in [4.78, 5) is 13.8. The molecule has 0 radical (unpaired) electrons. The monoisotopic (exact) mass is 251 g/mol. The van der Waals surface area contributed by atoms with Crippen molar-refractivity contribution < 1.29 is 9.90 Å². The minimum absolute atomic E-state index is 0.0825. The van der Waals surface area contributed by atoms with Crippen LogP contribution in [0.4, 0.5) is 0 Å². The number of hydrogen-bond acceptors (Lipinski definition) is 2. The van der Waals surface area contributed by atoms with E-state index in [2.05, 4.69) is 0 Å². The maximum Gasteiger partial charge on any atom is 0.255 e. The summed E-state index contributed by atoms with van der Waals surface area (Å²) in [7, 11) is 0. The van der Waals surface area contributed by atoms with Gasteiger partial charge in [0.1, 0.15) is 5.60 Å². The van der Waals surface area contributed by atoms with E-state index in [1.54, 1.807) is 29.2 Å². The first kappa shape index (κ1) is 11.1. The average molecular weight is 252 g/mol. The van der Waals surface area contributed by atoms with E-state index in [1.807, 2.05) is 0 Å². The van der Waals surface area contributed by atoms with E-state index in [1.165, 1.54) is 0 Å². The van der Waals surface area contributed by atoms with Crippen molar-refractivity contribution in [3.8, 4) is 0 Å². The van der Waals surface area contributed by atoms with Crippen molar-refractivity contribution in [2.24, 2.45) is 5.92 Å². The first-order valence-corrected chi connectivity index (χ1v) is 6.24. The fourth-order valence-corrected chi connectivity index (χ4v) is 2.66. The van der Waals surface area contributed by atoms with E-state index < -0.39 is 5.60 Å². The second kappa shape index (κ2) is 3.72. The quantitative estimate of drug-likeness (QED) is 0.873. The molecule has 1 saturated heterocycles. The van der Waals surface area contributed by atoms with Crippen molar-refractivity contribution in [1.82, 2.24) is 4.90 Å². The van der Waals surface area contributed by atoms with Crippen molar-refractivity contribution in [2.75, 3.05) is 13.1 Å². The molecule has 0 atom stereocenters. The maximum absolute atomic E-state index is 12.1. The van der Waals surface area contributed by atoms with Crippen molar-refractivity contribution >= 4 is 17.5 Å².